The van der Waals surface area contributed by atoms with E-state index in [-0.39, 0.29) is 0 Å². The summed E-state index contributed by atoms with van der Waals surface area (Å²) in [5, 5.41) is 0. The minimum Gasteiger partial charge on any atom is -0.496 e. The van der Waals surface area contributed by atoms with Gasteiger partial charge in [-0.2, -0.15) is 0 Å². The molecule has 0 aliphatic heterocycles. The zero-order chi connectivity index (χ0) is 20.0. The van der Waals surface area contributed by atoms with E-state index in [1.807, 2.05) is 0 Å². The van der Waals surface area contributed by atoms with Gasteiger partial charge < -0.3 is 14.4 Å². The quantitative estimate of drug-likeness (QED) is 0.577. The third-order valence-corrected chi connectivity index (χ3v) is 5.64. The highest BCUT2D eigenvalue weighted by Gasteiger charge is 2.20. The van der Waals surface area contributed by atoms with Gasteiger partial charge in [-0.25, -0.2) is 0 Å². The lowest BCUT2D eigenvalue weighted by atomic mass is 9.91. The number of nitrogens with zero attached hydrogens (tertiary/aromatic N) is 1. The third kappa shape index (κ3) is 4.65. The summed E-state index contributed by atoms with van der Waals surface area (Å²) in [6.45, 7) is 14.2. The predicted octanol–water partition coefficient (Wildman–Crippen LogP) is 5.57. The molecule has 0 bridgehead atoms. The maximum Gasteiger partial charge on any atom is 0.130 e. The summed E-state index contributed by atoms with van der Waals surface area (Å²) in [7, 11) is 3.50. The molecule has 3 heteroatoms. The molecule has 0 heterocycles. The molecule has 3 nitrogen and oxygen atoms in total. The molecule has 0 unspecified atom stereocenters. The van der Waals surface area contributed by atoms with Gasteiger partial charge in [0.1, 0.15) is 11.5 Å². The predicted molar refractivity (Wildman–Crippen MR) is 115 cm³/mol. The standard InChI is InChI=1S/C24H35NO2/c1-8-25(9-2)15-11-13-20-12-10-14-21(16-20)22-19(5)23(26-6)17(3)18(4)24(22)27-7/h10,12,14,16H,8-9,11,13,15H2,1-7H3. The Morgan fingerprint density at radius 3 is 2.07 bits per heavy atom. The van der Waals surface area contributed by atoms with Crippen molar-refractivity contribution < 1.29 is 9.47 Å². The van der Waals surface area contributed by atoms with E-state index < -0.39 is 0 Å². The molecule has 0 saturated carbocycles. The van der Waals surface area contributed by atoms with E-state index in [4.69, 9.17) is 9.47 Å². The molecule has 0 N–H and O–H groups in total. The smallest absolute Gasteiger partial charge is 0.130 e. The summed E-state index contributed by atoms with van der Waals surface area (Å²) in [6.07, 6.45) is 2.27. The summed E-state index contributed by atoms with van der Waals surface area (Å²) in [4.78, 5) is 2.48. The van der Waals surface area contributed by atoms with Crippen LogP contribution in [0.5, 0.6) is 11.5 Å². The maximum atomic E-state index is 5.81. The summed E-state index contributed by atoms with van der Waals surface area (Å²) in [6, 6.07) is 8.86. The number of ether oxygens (including phenoxy) is 2. The lowest BCUT2D eigenvalue weighted by Crippen LogP contribution is -2.24. The average Bonchev–Trinajstić information content (AvgIpc) is 2.68. The van der Waals surface area contributed by atoms with Crippen molar-refractivity contribution in [2.45, 2.75) is 47.5 Å². The van der Waals surface area contributed by atoms with Crippen LogP contribution in [0, 0.1) is 20.8 Å². The van der Waals surface area contributed by atoms with Crippen molar-refractivity contribution in [3.63, 3.8) is 0 Å². The lowest BCUT2D eigenvalue weighted by Gasteiger charge is -2.21. The first-order chi connectivity index (χ1) is 13.0. The first-order valence-electron chi connectivity index (χ1n) is 10.0. The Hall–Kier alpha value is -2.00. The Bertz CT molecular complexity index is 763. The molecule has 2 rings (SSSR count). The fourth-order valence-electron chi connectivity index (χ4n) is 3.93. The second-order valence-electron chi connectivity index (χ2n) is 7.15. The van der Waals surface area contributed by atoms with Crippen molar-refractivity contribution in [3.8, 4) is 22.6 Å². The summed E-state index contributed by atoms with van der Waals surface area (Å²) < 4.78 is 11.5. The molecule has 0 radical (unpaired) electrons. The van der Waals surface area contributed by atoms with E-state index in [1.54, 1.807) is 14.2 Å². The topological polar surface area (TPSA) is 21.7 Å². The van der Waals surface area contributed by atoms with Crippen LogP contribution >= 0.6 is 0 Å². The molecule has 0 amide bonds. The SMILES string of the molecule is CCN(CC)CCCc1cccc(-c2c(C)c(OC)c(C)c(C)c2OC)c1. The molecular weight excluding hydrogens is 334 g/mol. The molecule has 0 aliphatic rings. The van der Waals surface area contributed by atoms with Crippen LogP contribution in [0.25, 0.3) is 11.1 Å². The van der Waals surface area contributed by atoms with E-state index >= 15 is 0 Å². The maximum absolute atomic E-state index is 5.81. The van der Waals surface area contributed by atoms with E-state index in [0.717, 1.165) is 59.8 Å². The van der Waals surface area contributed by atoms with Gasteiger partial charge in [-0.05, 0) is 75.5 Å². The molecule has 27 heavy (non-hydrogen) atoms. The van der Waals surface area contributed by atoms with E-state index in [0.29, 0.717) is 0 Å². The Morgan fingerprint density at radius 1 is 0.852 bits per heavy atom. The largest absolute Gasteiger partial charge is 0.496 e. The molecule has 0 fully saturated rings. The van der Waals surface area contributed by atoms with Crippen molar-refractivity contribution >= 4 is 0 Å². The van der Waals surface area contributed by atoms with Crippen molar-refractivity contribution in [3.05, 3.63) is 46.5 Å². The molecule has 0 spiro atoms. The van der Waals surface area contributed by atoms with Gasteiger partial charge in [-0.15, -0.1) is 0 Å². The molecule has 0 aliphatic carbocycles. The lowest BCUT2D eigenvalue weighted by molar-refractivity contribution is 0.300. The first kappa shape index (κ1) is 21.3. The van der Waals surface area contributed by atoms with Crippen LogP contribution in [0.2, 0.25) is 0 Å². The van der Waals surface area contributed by atoms with Crippen molar-refractivity contribution in [2.75, 3.05) is 33.9 Å². The van der Waals surface area contributed by atoms with Gasteiger partial charge in [0.25, 0.3) is 0 Å². The van der Waals surface area contributed by atoms with Crippen LogP contribution in [0.3, 0.4) is 0 Å². The van der Waals surface area contributed by atoms with Crippen LogP contribution in [0.1, 0.15) is 42.5 Å². The number of hydrogen-bond acceptors (Lipinski definition) is 3. The molecule has 2 aromatic carbocycles. The van der Waals surface area contributed by atoms with Crippen molar-refractivity contribution in [1.82, 2.24) is 4.90 Å². The molecule has 148 valence electrons. The van der Waals surface area contributed by atoms with E-state index in [2.05, 4.69) is 63.8 Å². The number of rotatable bonds is 9. The normalized spacial score (nSPS) is 11.1. The summed E-state index contributed by atoms with van der Waals surface area (Å²) in [5.41, 5.74) is 7.14. The van der Waals surface area contributed by atoms with Gasteiger partial charge in [0, 0.05) is 11.1 Å². The molecule has 2 aromatic rings. The highest BCUT2D eigenvalue weighted by Crippen LogP contribution is 2.43. The number of benzene rings is 2. The summed E-state index contributed by atoms with van der Waals surface area (Å²) >= 11 is 0. The zero-order valence-electron chi connectivity index (χ0n) is 18.1. The molecule has 0 saturated heterocycles. The highest BCUT2D eigenvalue weighted by molar-refractivity contribution is 5.79. The van der Waals surface area contributed by atoms with Gasteiger partial charge in [0.15, 0.2) is 0 Å². The van der Waals surface area contributed by atoms with Gasteiger partial charge in [-0.3, -0.25) is 0 Å². The van der Waals surface area contributed by atoms with Crippen molar-refractivity contribution in [2.24, 2.45) is 0 Å². The molecule has 0 aromatic heterocycles. The fraction of sp³-hybridized carbons (Fsp3) is 0.500. The fourth-order valence-corrected chi connectivity index (χ4v) is 3.93. The van der Waals surface area contributed by atoms with Gasteiger partial charge in [0.05, 0.1) is 14.2 Å². The Kier molecular flexibility index (Phi) is 7.73. The van der Waals surface area contributed by atoms with Gasteiger partial charge in [0.2, 0.25) is 0 Å². The Morgan fingerprint density at radius 2 is 1.48 bits per heavy atom. The van der Waals surface area contributed by atoms with Gasteiger partial charge >= 0.3 is 0 Å². The molecular formula is C24H35NO2. The minimum absolute atomic E-state index is 0.950. The average molecular weight is 370 g/mol. The second kappa shape index (κ2) is 9.80. The van der Waals surface area contributed by atoms with Gasteiger partial charge in [-0.1, -0.05) is 38.1 Å². The number of hydrogen-bond donors (Lipinski definition) is 0. The van der Waals surface area contributed by atoms with Crippen LogP contribution in [-0.4, -0.2) is 38.8 Å². The zero-order valence-corrected chi connectivity index (χ0v) is 18.1. The number of methoxy groups -OCH3 is 2. The van der Waals surface area contributed by atoms with E-state index in [9.17, 15) is 0 Å². The van der Waals surface area contributed by atoms with Crippen LogP contribution in [0.4, 0.5) is 0 Å². The monoisotopic (exact) mass is 369 g/mol. The third-order valence-electron chi connectivity index (χ3n) is 5.64. The second-order valence-corrected chi connectivity index (χ2v) is 7.15. The van der Waals surface area contributed by atoms with Crippen LogP contribution in [0.15, 0.2) is 24.3 Å². The van der Waals surface area contributed by atoms with Crippen molar-refractivity contribution in [1.29, 1.82) is 0 Å². The minimum atomic E-state index is 0.950. The van der Waals surface area contributed by atoms with Crippen LogP contribution in [-0.2, 0) is 6.42 Å². The van der Waals surface area contributed by atoms with E-state index in [1.165, 1.54) is 17.5 Å². The highest BCUT2D eigenvalue weighted by atomic mass is 16.5. The first-order valence-corrected chi connectivity index (χ1v) is 10.0. The molecule has 0 atom stereocenters. The Labute approximate surface area is 165 Å². The number of aryl methyl sites for hydroxylation is 1. The van der Waals surface area contributed by atoms with Crippen LogP contribution < -0.4 is 9.47 Å². The summed E-state index contributed by atoms with van der Waals surface area (Å²) in [5.74, 6) is 1.90. The Balaban J connectivity index is 2.37.